The summed E-state index contributed by atoms with van der Waals surface area (Å²) in [6.07, 6.45) is 0. The van der Waals surface area contributed by atoms with Gasteiger partial charge >= 0.3 is 0 Å². The zero-order chi connectivity index (χ0) is 13.9. The van der Waals surface area contributed by atoms with E-state index in [0.29, 0.717) is 5.30 Å². The van der Waals surface area contributed by atoms with Gasteiger partial charge in [-0.15, -0.1) is 0 Å². The molecular formula is C14H23O3P. The molecule has 0 saturated heterocycles. The summed E-state index contributed by atoms with van der Waals surface area (Å²) >= 11 is 0. The van der Waals surface area contributed by atoms with Gasteiger partial charge in [0.05, 0.1) is 0 Å². The van der Waals surface area contributed by atoms with E-state index in [1.165, 1.54) is 0 Å². The van der Waals surface area contributed by atoms with Crippen LogP contribution in [-0.4, -0.2) is 21.9 Å². The first-order valence-corrected chi connectivity index (χ1v) is 8.17. The molecule has 1 aromatic carbocycles. The minimum Gasteiger partial charge on any atom is -0.385 e. The van der Waals surface area contributed by atoms with Crippen LogP contribution >= 0.6 is 7.14 Å². The van der Waals surface area contributed by atoms with Crippen molar-refractivity contribution in [1.82, 2.24) is 0 Å². The number of rotatable bonds is 5. The summed E-state index contributed by atoms with van der Waals surface area (Å²) in [7, 11) is -3.25. The second-order valence-electron chi connectivity index (χ2n) is 5.36. The van der Waals surface area contributed by atoms with E-state index in [4.69, 9.17) is 0 Å². The van der Waals surface area contributed by atoms with Gasteiger partial charge in [0.25, 0.3) is 0 Å². The maximum Gasteiger partial charge on any atom is 0.170 e. The number of aliphatic hydroxyl groups excluding tert-OH is 2. The first-order valence-electron chi connectivity index (χ1n) is 6.33. The Morgan fingerprint density at radius 1 is 0.889 bits per heavy atom. The lowest BCUT2D eigenvalue weighted by Gasteiger charge is -2.32. The molecule has 18 heavy (non-hydrogen) atoms. The highest BCUT2D eigenvalue weighted by atomic mass is 31.2. The second kappa shape index (κ2) is 6.01. The third-order valence-corrected chi connectivity index (χ3v) is 7.01. The highest BCUT2D eigenvalue weighted by Gasteiger charge is 2.43. The minimum absolute atomic E-state index is 0.163. The minimum atomic E-state index is -3.25. The summed E-state index contributed by atoms with van der Waals surface area (Å²) in [5.74, 6) is -2.36. The monoisotopic (exact) mass is 270 g/mol. The number of benzene rings is 1. The molecule has 4 heteroatoms. The highest BCUT2D eigenvalue weighted by molar-refractivity contribution is 7.72. The Kier molecular flexibility index (Phi) is 5.15. The van der Waals surface area contributed by atoms with Crippen LogP contribution in [0.25, 0.3) is 0 Å². The lowest BCUT2D eigenvalue weighted by Crippen LogP contribution is -2.32. The van der Waals surface area contributed by atoms with Gasteiger partial charge < -0.3 is 14.8 Å². The summed E-state index contributed by atoms with van der Waals surface area (Å²) in [6, 6.07) is 8.83. The molecule has 2 atom stereocenters. The quantitative estimate of drug-likeness (QED) is 0.809. The van der Waals surface area contributed by atoms with Crippen molar-refractivity contribution in [1.29, 1.82) is 0 Å². The van der Waals surface area contributed by atoms with Crippen molar-refractivity contribution in [2.45, 2.75) is 39.4 Å². The lowest BCUT2D eigenvalue weighted by atomic mass is 10.2. The first-order chi connectivity index (χ1) is 8.31. The molecule has 0 radical (unpaired) electrons. The summed E-state index contributed by atoms with van der Waals surface area (Å²) in [4.78, 5) is 0. The van der Waals surface area contributed by atoms with Crippen molar-refractivity contribution in [2.24, 2.45) is 11.8 Å². The molecule has 0 saturated carbocycles. The van der Waals surface area contributed by atoms with Crippen LogP contribution in [-0.2, 0) is 4.57 Å². The van der Waals surface area contributed by atoms with Gasteiger partial charge in [-0.05, 0) is 11.8 Å². The number of hydrogen-bond donors (Lipinski definition) is 2. The van der Waals surface area contributed by atoms with Crippen molar-refractivity contribution < 1.29 is 14.8 Å². The lowest BCUT2D eigenvalue weighted by molar-refractivity contribution is 0.160. The molecule has 2 unspecified atom stereocenters. The Balaban J connectivity index is 3.31. The Labute approximate surface area is 109 Å². The molecule has 0 spiro atoms. The van der Waals surface area contributed by atoms with Gasteiger partial charge in [0, 0.05) is 5.30 Å². The van der Waals surface area contributed by atoms with E-state index in [2.05, 4.69) is 0 Å². The van der Waals surface area contributed by atoms with Crippen molar-refractivity contribution in [3.63, 3.8) is 0 Å². The Bertz CT molecular complexity index is 396. The fourth-order valence-corrected chi connectivity index (χ4v) is 5.34. The SMILES string of the molecule is CC(C)C(O)P(=O)(c1ccccc1)C(O)C(C)C. The van der Waals surface area contributed by atoms with E-state index in [1.54, 1.807) is 24.3 Å². The smallest absolute Gasteiger partial charge is 0.170 e. The summed E-state index contributed by atoms with van der Waals surface area (Å²) in [5.41, 5.74) is 0. The molecule has 3 nitrogen and oxygen atoms in total. The van der Waals surface area contributed by atoms with Crippen molar-refractivity contribution in [2.75, 3.05) is 0 Å². The van der Waals surface area contributed by atoms with Crippen molar-refractivity contribution >= 4 is 12.4 Å². The van der Waals surface area contributed by atoms with Gasteiger partial charge in [0.2, 0.25) is 0 Å². The normalized spacial score (nSPS) is 18.7. The van der Waals surface area contributed by atoms with Gasteiger partial charge in [-0.2, -0.15) is 0 Å². The largest absolute Gasteiger partial charge is 0.385 e. The number of aliphatic hydroxyl groups is 2. The molecule has 0 aliphatic carbocycles. The Morgan fingerprint density at radius 2 is 1.28 bits per heavy atom. The van der Waals surface area contributed by atoms with Gasteiger partial charge in [-0.1, -0.05) is 58.0 Å². The summed E-state index contributed by atoms with van der Waals surface area (Å²) < 4.78 is 13.2. The van der Waals surface area contributed by atoms with E-state index in [0.717, 1.165) is 0 Å². The molecule has 0 amide bonds. The molecule has 1 rings (SSSR count). The molecule has 0 heterocycles. The fraction of sp³-hybridized carbons (Fsp3) is 0.571. The molecule has 0 fully saturated rings. The molecule has 1 aromatic rings. The molecule has 0 aromatic heterocycles. The standard InChI is InChI=1S/C14H23O3P/c1-10(2)13(15)18(17,14(16)11(3)4)12-8-6-5-7-9-12/h5-11,13-16H,1-4H3. The van der Waals surface area contributed by atoms with Crippen LogP contribution in [0.2, 0.25) is 0 Å². The van der Waals surface area contributed by atoms with Crippen LogP contribution in [0.5, 0.6) is 0 Å². The molecule has 2 N–H and O–H groups in total. The fourth-order valence-electron chi connectivity index (χ4n) is 2.01. The maximum atomic E-state index is 13.2. The van der Waals surface area contributed by atoms with E-state index in [1.807, 2.05) is 33.8 Å². The topological polar surface area (TPSA) is 57.5 Å². The van der Waals surface area contributed by atoms with Crippen LogP contribution in [0.3, 0.4) is 0 Å². The van der Waals surface area contributed by atoms with Crippen LogP contribution in [0.1, 0.15) is 27.7 Å². The van der Waals surface area contributed by atoms with Crippen LogP contribution < -0.4 is 5.30 Å². The van der Waals surface area contributed by atoms with E-state index < -0.39 is 18.8 Å². The van der Waals surface area contributed by atoms with Gasteiger partial charge in [0.15, 0.2) is 7.14 Å². The van der Waals surface area contributed by atoms with Gasteiger partial charge in [-0.3, -0.25) is 0 Å². The van der Waals surface area contributed by atoms with E-state index in [-0.39, 0.29) is 11.8 Å². The van der Waals surface area contributed by atoms with Gasteiger partial charge in [0.1, 0.15) is 11.7 Å². The molecule has 0 aliphatic heterocycles. The van der Waals surface area contributed by atoms with E-state index >= 15 is 0 Å². The van der Waals surface area contributed by atoms with Gasteiger partial charge in [-0.25, -0.2) is 0 Å². The zero-order valence-electron chi connectivity index (χ0n) is 11.4. The molecular weight excluding hydrogens is 247 g/mol. The molecule has 102 valence electrons. The summed E-state index contributed by atoms with van der Waals surface area (Å²) in [5, 5.41) is 21.1. The highest BCUT2D eigenvalue weighted by Crippen LogP contribution is 2.56. The predicted octanol–water partition coefficient (Wildman–Crippen LogP) is 2.62. The average molecular weight is 270 g/mol. The number of hydrogen-bond acceptors (Lipinski definition) is 3. The third-order valence-electron chi connectivity index (χ3n) is 3.14. The Hall–Kier alpha value is -0.630. The molecule has 0 bridgehead atoms. The summed E-state index contributed by atoms with van der Waals surface area (Å²) in [6.45, 7) is 7.25. The third kappa shape index (κ3) is 2.85. The maximum absolute atomic E-state index is 13.2. The van der Waals surface area contributed by atoms with E-state index in [9.17, 15) is 14.8 Å². The Morgan fingerprint density at radius 3 is 1.61 bits per heavy atom. The average Bonchev–Trinajstić information content (AvgIpc) is 2.36. The van der Waals surface area contributed by atoms with Crippen molar-refractivity contribution in [3.8, 4) is 0 Å². The van der Waals surface area contributed by atoms with Crippen molar-refractivity contribution in [3.05, 3.63) is 30.3 Å². The van der Waals surface area contributed by atoms with Crippen LogP contribution in [0.4, 0.5) is 0 Å². The molecule has 0 aliphatic rings. The van der Waals surface area contributed by atoms with Crippen LogP contribution in [0.15, 0.2) is 30.3 Å². The zero-order valence-corrected chi connectivity index (χ0v) is 12.3. The first kappa shape index (κ1) is 15.4. The predicted molar refractivity (Wildman–Crippen MR) is 75.4 cm³/mol. The second-order valence-corrected chi connectivity index (χ2v) is 8.35. The van der Waals surface area contributed by atoms with Crippen LogP contribution in [0, 0.1) is 11.8 Å².